The van der Waals surface area contributed by atoms with E-state index in [0.29, 0.717) is 16.1 Å². The molecule has 1 aromatic carbocycles. The molecule has 1 unspecified atom stereocenters. The van der Waals surface area contributed by atoms with Gasteiger partial charge in [-0.05, 0) is 30.4 Å². The first kappa shape index (κ1) is 14.2. The van der Waals surface area contributed by atoms with E-state index in [1.165, 1.54) is 11.3 Å². The van der Waals surface area contributed by atoms with E-state index < -0.39 is 0 Å². The number of thioether (sulfide) groups is 1. The molecule has 4 heteroatoms. The van der Waals surface area contributed by atoms with E-state index in [4.69, 9.17) is 23.2 Å². The molecule has 1 nitrogen and oxygen atoms in total. The minimum absolute atomic E-state index is 0.513. The Morgan fingerprint density at radius 1 is 1.31 bits per heavy atom. The number of hydrogen-bond donors (Lipinski definition) is 1. The average Bonchev–Trinajstić information content (AvgIpc) is 2.28. The largest absolute Gasteiger partial charge is 0.309 e. The molecule has 1 aromatic rings. The first-order chi connectivity index (χ1) is 7.63. The lowest BCUT2D eigenvalue weighted by molar-refractivity contribution is 0.596. The fourth-order valence-corrected chi connectivity index (χ4v) is 2.32. The molecule has 1 atom stereocenters. The Balaban J connectivity index is 2.39. The second-order valence-electron chi connectivity index (χ2n) is 3.69. The normalized spacial score (nSPS) is 12.8. The van der Waals surface area contributed by atoms with Crippen LogP contribution < -0.4 is 5.32 Å². The Bertz CT molecular complexity index is 331. The first-order valence-corrected chi connectivity index (χ1v) is 7.29. The summed E-state index contributed by atoms with van der Waals surface area (Å²) in [5, 5.41) is 4.69. The van der Waals surface area contributed by atoms with Crippen molar-refractivity contribution in [3.8, 4) is 0 Å². The molecule has 16 heavy (non-hydrogen) atoms. The molecule has 1 N–H and O–H groups in total. The molecule has 0 bridgehead atoms. The fraction of sp³-hybridized carbons (Fsp3) is 0.500. The number of hydrogen-bond acceptors (Lipinski definition) is 2. The average molecular weight is 278 g/mol. The van der Waals surface area contributed by atoms with Crippen LogP contribution in [0.4, 0.5) is 0 Å². The highest BCUT2D eigenvalue weighted by molar-refractivity contribution is 7.99. The van der Waals surface area contributed by atoms with Gasteiger partial charge in [0.2, 0.25) is 0 Å². The molecule has 0 aliphatic rings. The van der Waals surface area contributed by atoms with Crippen LogP contribution >= 0.6 is 35.0 Å². The standard InChI is InChI=1S/C12H17Cl2NS/c1-3-16-8-9(2)15-7-10-4-5-11(13)12(14)6-10/h4-6,9,15H,3,7-8H2,1-2H3. The third-order valence-corrected chi connectivity index (χ3v) is 4.09. The van der Waals surface area contributed by atoms with Crippen LogP contribution in [-0.2, 0) is 6.54 Å². The van der Waals surface area contributed by atoms with Crippen molar-refractivity contribution in [1.29, 1.82) is 0 Å². The Labute approximate surface area is 112 Å². The molecule has 1 rings (SSSR count). The van der Waals surface area contributed by atoms with Crippen LogP contribution in [0.3, 0.4) is 0 Å². The van der Waals surface area contributed by atoms with E-state index in [2.05, 4.69) is 19.2 Å². The first-order valence-electron chi connectivity index (χ1n) is 5.38. The SMILES string of the molecule is CCSCC(C)NCc1ccc(Cl)c(Cl)c1. The molecule has 0 saturated carbocycles. The zero-order valence-electron chi connectivity index (χ0n) is 9.59. The maximum absolute atomic E-state index is 5.95. The van der Waals surface area contributed by atoms with Gasteiger partial charge in [0.05, 0.1) is 10.0 Å². The van der Waals surface area contributed by atoms with Crippen molar-refractivity contribution in [2.45, 2.75) is 26.4 Å². The van der Waals surface area contributed by atoms with Gasteiger partial charge in [0.15, 0.2) is 0 Å². The molecule has 0 spiro atoms. The van der Waals surface area contributed by atoms with Gasteiger partial charge in [-0.3, -0.25) is 0 Å². The summed E-state index contributed by atoms with van der Waals surface area (Å²) in [6.45, 7) is 5.21. The Hall–Kier alpha value is 0.110. The lowest BCUT2D eigenvalue weighted by Gasteiger charge is -2.13. The molecular formula is C12H17Cl2NS. The highest BCUT2D eigenvalue weighted by atomic mass is 35.5. The highest BCUT2D eigenvalue weighted by Crippen LogP contribution is 2.22. The Morgan fingerprint density at radius 3 is 2.69 bits per heavy atom. The summed E-state index contributed by atoms with van der Waals surface area (Å²) in [6.07, 6.45) is 0. The number of rotatable bonds is 6. The van der Waals surface area contributed by atoms with Crippen molar-refractivity contribution >= 4 is 35.0 Å². The van der Waals surface area contributed by atoms with Crippen LogP contribution in [0.5, 0.6) is 0 Å². The molecule has 0 saturated heterocycles. The van der Waals surface area contributed by atoms with E-state index in [1.54, 1.807) is 0 Å². The predicted molar refractivity (Wildman–Crippen MR) is 75.8 cm³/mol. The molecule has 0 fully saturated rings. The summed E-state index contributed by atoms with van der Waals surface area (Å²) in [7, 11) is 0. The number of halogens is 2. The fourth-order valence-electron chi connectivity index (χ4n) is 1.30. The van der Waals surface area contributed by atoms with E-state index in [9.17, 15) is 0 Å². The zero-order chi connectivity index (χ0) is 12.0. The van der Waals surface area contributed by atoms with Crippen LogP contribution in [-0.4, -0.2) is 17.5 Å². The number of benzene rings is 1. The Kier molecular flexibility index (Phi) is 6.59. The van der Waals surface area contributed by atoms with Crippen molar-refractivity contribution < 1.29 is 0 Å². The monoisotopic (exact) mass is 277 g/mol. The van der Waals surface area contributed by atoms with Crippen LogP contribution in [0.2, 0.25) is 10.0 Å². The summed E-state index contributed by atoms with van der Waals surface area (Å²) >= 11 is 13.8. The Morgan fingerprint density at radius 2 is 2.06 bits per heavy atom. The molecule has 0 amide bonds. The summed E-state index contributed by atoms with van der Waals surface area (Å²) in [4.78, 5) is 0. The van der Waals surface area contributed by atoms with Crippen LogP contribution in [0.15, 0.2) is 18.2 Å². The maximum Gasteiger partial charge on any atom is 0.0595 e. The molecule has 0 aliphatic heterocycles. The third-order valence-electron chi connectivity index (χ3n) is 2.21. The molecule has 0 heterocycles. The maximum atomic E-state index is 5.95. The van der Waals surface area contributed by atoms with Gasteiger partial charge in [-0.2, -0.15) is 11.8 Å². The van der Waals surface area contributed by atoms with Crippen LogP contribution in [0, 0.1) is 0 Å². The second kappa shape index (κ2) is 7.44. The van der Waals surface area contributed by atoms with E-state index in [-0.39, 0.29) is 0 Å². The molecule has 0 aromatic heterocycles. The lowest BCUT2D eigenvalue weighted by atomic mass is 10.2. The van der Waals surface area contributed by atoms with Crippen molar-refractivity contribution in [1.82, 2.24) is 5.32 Å². The second-order valence-corrected chi connectivity index (χ2v) is 5.82. The van der Waals surface area contributed by atoms with E-state index >= 15 is 0 Å². The molecule has 0 radical (unpaired) electrons. The van der Waals surface area contributed by atoms with Crippen molar-refractivity contribution in [3.63, 3.8) is 0 Å². The topological polar surface area (TPSA) is 12.0 Å². The third kappa shape index (κ3) is 4.96. The molecule has 0 aliphatic carbocycles. The van der Waals surface area contributed by atoms with Crippen molar-refractivity contribution in [3.05, 3.63) is 33.8 Å². The summed E-state index contributed by atoms with van der Waals surface area (Å²) < 4.78 is 0. The summed E-state index contributed by atoms with van der Waals surface area (Å²) in [6, 6.07) is 6.27. The van der Waals surface area contributed by atoms with Gasteiger partial charge >= 0.3 is 0 Å². The highest BCUT2D eigenvalue weighted by Gasteiger charge is 2.03. The minimum Gasteiger partial charge on any atom is -0.309 e. The summed E-state index contributed by atoms with van der Waals surface area (Å²) in [5.41, 5.74) is 1.17. The van der Waals surface area contributed by atoms with Crippen molar-refractivity contribution in [2.24, 2.45) is 0 Å². The predicted octanol–water partition coefficient (Wildman–Crippen LogP) is 4.22. The zero-order valence-corrected chi connectivity index (χ0v) is 11.9. The quantitative estimate of drug-likeness (QED) is 0.836. The van der Waals surface area contributed by atoms with Crippen molar-refractivity contribution in [2.75, 3.05) is 11.5 Å². The van der Waals surface area contributed by atoms with Gasteiger partial charge in [-0.1, -0.05) is 36.2 Å². The van der Waals surface area contributed by atoms with Gasteiger partial charge < -0.3 is 5.32 Å². The smallest absolute Gasteiger partial charge is 0.0595 e. The van der Waals surface area contributed by atoms with Gasteiger partial charge in [0.1, 0.15) is 0 Å². The van der Waals surface area contributed by atoms with E-state index in [1.807, 2.05) is 30.0 Å². The molecule has 90 valence electrons. The van der Waals surface area contributed by atoms with Gasteiger partial charge in [0.25, 0.3) is 0 Å². The molecular weight excluding hydrogens is 261 g/mol. The van der Waals surface area contributed by atoms with Gasteiger partial charge in [-0.15, -0.1) is 0 Å². The number of nitrogens with one attached hydrogen (secondary N) is 1. The van der Waals surface area contributed by atoms with Crippen LogP contribution in [0.25, 0.3) is 0 Å². The minimum atomic E-state index is 0.513. The lowest BCUT2D eigenvalue weighted by Crippen LogP contribution is -2.27. The van der Waals surface area contributed by atoms with Gasteiger partial charge in [0, 0.05) is 18.3 Å². The summed E-state index contributed by atoms with van der Waals surface area (Å²) in [5.74, 6) is 2.30. The van der Waals surface area contributed by atoms with Crippen LogP contribution in [0.1, 0.15) is 19.4 Å². The van der Waals surface area contributed by atoms with E-state index in [0.717, 1.165) is 12.3 Å². The van der Waals surface area contributed by atoms with Gasteiger partial charge in [-0.25, -0.2) is 0 Å².